The number of hydrogen-bond acceptors (Lipinski definition) is 5. The van der Waals surface area contributed by atoms with Gasteiger partial charge in [0.2, 0.25) is 10.0 Å². The van der Waals surface area contributed by atoms with Gasteiger partial charge in [0, 0.05) is 26.2 Å². The van der Waals surface area contributed by atoms with Gasteiger partial charge in [-0.25, -0.2) is 8.42 Å². The predicted molar refractivity (Wildman–Crippen MR) is 98.8 cm³/mol. The SMILES string of the molecule is O=C(c1sccc1S(=O)(=O)N1CCOCC1)N1CCc2ccccc2C1. The molecular formula is C18H20N2O4S2. The van der Waals surface area contributed by atoms with Gasteiger partial charge in [-0.15, -0.1) is 11.3 Å². The quantitative estimate of drug-likeness (QED) is 0.801. The van der Waals surface area contributed by atoms with Crippen LogP contribution in [0.15, 0.2) is 40.6 Å². The van der Waals surface area contributed by atoms with Crippen LogP contribution < -0.4 is 0 Å². The maximum absolute atomic E-state index is 13.0. The minimum absolute atomic E-state index is 0.119. The molecule has 1 amide bonds. The summed E-state index contributed by atoms with van der Waals surface area (Å²) in [6.07, 6.45) is 0.791. The maximum atomic E-state index is 13.0. The van der Waals surface area contributed by atoms with E-state index >= 15 is 0 Å². The summed E-state index contributed by atoms with van der Waals surface area (Å²) in [6.45, 7) is 2.53. The van der Waals surface area contributed by atoms with Crippen LogP contribution in [0.3, 0.4) is 0 Å². The molecule has 8 heteroatoms. The first-order valence-corrected chi connectivity index (χ1v) is 10.9. The van der Waals surface area contributed by atoms with E-state index in [1.165, 1.54) is 21.2 Å². The summed E-state index contributed by atoms with van der Waals surface area (Å²) in [7, 11) is -3.68. The van der Waals surface area contributed by atoms with Crippen molar-refractivity contribution in [3.05, 3.63) is 51.7 Å². The average Bonchev–Trinajstić information content (AvgIpc) is 3.18. The number of carbonyl (C=O) groups is 1. The summed E-state index contributed by atoms with van der Waals surface area (Å²) >= 11 is 1.20. The van der Waals surface area contributed by atoms with Crippen molar-refractivity contribution in [1.29, 1.82) is 0 Å². The fourth-order valence-corrected chi connectivity index (χ4v) is 6.17. The zero-order valence-corrected chi connectivity index (χ0v) is 15.9. The number of nitrogens with zero attached hydrogens (tertiary/aromatic N) is 2. The molecule has 1 aromatic heterocycles. The van der Waals surface area contributed by atoms with Gasteiger partial charge in [0.1, 0.15) is 9.77 Å². The Morgan fingerprint density at radius 2 is 1.77 bits per heavy atom. The first-order chi connectivity index (χ1) is 12.6. The van der Waals surface area contributed by atoms with Crippen LogP contribution >= 0.6 is 11.3 Å². The molecule has 2 aliphatic heterocycles. The monoisotopic (exact) mass is 392 g/mol. The topological polar surface area (TPSA) is 66.9 Å². The minimum Gasteiger partial charge on any atom is -0.379 e. The number of ether oxygens (including phenoxy) is 1. The molecule has 26 heavy (non-hydrogen) atoms. The predicted octanol–water partition coefficient (Wildman–Crippen LogP) is 1.97. The molecule has 0 bridgehead atoms. The molecule has 6 nitrogen and oxygen atoms in total. The number of carbonyl (C=O) groups excluding carboxylic acids is 1. The fraction of sp³-hybridized carbons (Fsp3) is 0.389. The normalized spacial score (nSPS) is 18.5. The molecule has 0 unspecified atom stereocenters. The highest BCUT2D eigenvalue weighted by Gasteiger charge is 2.33. The van der Waals surface area contributed by atoms with Gasteiger partial charge < -0.3 is 9.64 Å². The van der Waals surface area contributed by atoms with Crippen LogP contribution in [0.1, 0.15) is 20.8 Å². The number of morpholine rings is 1. The molecule has 0 spiro atoms. The Hall–Kier alpha value is -1.74. The molecule has 4 rings (SSSR count). The standard InChI is InChI=1S/C18H20N2O4S2/c21-18(19-7-5-14-3-1-2-4-15(14)13-19)17-16(6-12-25-17)26(22,23)20-8-10-24-11-9-20/h1-4,6,12H,5,7-11,13H2. The molecule has 1 saturated heterocycles. The lowest BCUT2D eigenvalue weighted by Gasteiger charge is -2.29. The summed E-state index contributed by atoms with van der Waals surface area (Å²) in [5, 5.41) is 1.68. The van der Waals surface area contributed by atoms with Crippen molar-refractivity contribution in [3.63, 3.8) is 0 Å². The van der Waals surface area contributed by atoms with E-state index in [0.717, 1.165) is 12.0 Å². The van der Waals surface area contributed by atoms with Crippen LogP contribution in [0.25, 0.3) is 0 Å². The molecule has 1 aromatic carbocycles. The Balaban J connectivity index is 1.60. The van der Waals surface area contributed by atoms with Gasteiger partial charge in [-0.1, -0.05) is 24.3 Å². The van der Waals surface area contributed by atoms with Gasteiger partial charge in [0.15, 0.2) is 0 Å². The third-order valence-electron chi connectivity index (χ3n) is 4.83. The zero-order valence-electron chi connectivity index (χ0n) is 14.3. The molecule has 2 aliphatic rings. The molecule has 1 fully saturated rings. The van der Waals surface area contributed by atoms with Gasteiger partial charge >= 0.3 is 0 Å². The first-order valence-electron chi connectivity index (χ1n) is 8.59. The van der Waals surface area contributed by atoms with Crippen molar-refractivity contribution >= 4 is 27.3 Å². The lowest BCUT2D eigenvalue weighted by molar-refractivity contribution is 0.0721. The van der Waals surface area contributed by atoms with Gasteiger partial charge in [-0.05, 0) is 29.0 Å². The van der Waals surface area contributed by atoms with Gasteiger partial charge in [-0.2, -0.15) is 4.31 Å². The van der Waals surface area contributed by atoms with Crippen LogP contribution in [-0.4, -0.2) is 56.4 Å². The summed E-state index contributed by atoms with van der Waals surface area (Å²) in [4.78, 5) is 15.2. The van der Waals surface area contributed by atoms with E-state index in [2.05, 4.69) is 6.07 Å². The number of thiophene rings is 1. The molecule has 3 heterocycles. The number of rotatable bonds is 3. The summed E-state index contributed by atoms with van der Waals surface area (Å²) in [5.74, 6) is -0.207. The molecule has 0 radical (unpaired) electrons. The summed E-state index contributed by atoms with van der Waals surface area (Å²) in [5.41, 5.74) is 2.38. The van der Waals surface area contributed by atoms with Crippen LogP contribution in [0.2, 0.25) is 0 Å². The Bertz CT molecular complexity index is 917. The van der Waals surface area contributed by atoms with E-state index in [-0.39, 0.29) is 10.8 Å². The number of sulfonamides is 1. The highest BCUT2D eigenvalue weighted by molar-refractivity contribution is 7.89. The third kappa shape index (κ3) is 3.18. The molecule has 0 aliphatic carbocycles. The van der Waals surface area contributed by atoms with E-state index in [4.69, 9.17) is 4.74 Å². The van der Waals surface area contributed by atoms with Crippen molar-refractivity contribution in [3.8, 4) is 0 Å². The van der Waals surface area contributed by atoms with Crippen molar-refractivity contribution in [1.82, 2.24) is 9.21 Å². The lowest BCUT2D eigenvalue weighted by atomic mass is 10.00. The molecule has 0 saturated carbocycles. The van der Waals surface area contributed by atoms with Gasteiger partial charge in [-0.3, -0.25) is 4.79 Å². The van der Waals surface area contributed by atoms with Crippen LogP contribution in [-0.2, 0) is 27.7 Å². The van der Waals surface area contributed by atoms with Crippen molar-refractivity contribution < 1.29 is 17.9 Å². The molecular weight excluding hydrogens is 372 g/mol. The van der Waals surface area contributed by atoms with E-state index in [1.54, 1.807) is 16.3 Å². The van der Waals surface area contributed by atoms with Gasteiger partial charge in [0.05, 0.1) is 13.2 Å². The Kier molecular flexibility index (Phi) is 4.83. The van der Waals surface area contributed by atoms with Crippen LogP contribution in [0.5, 0.6) is 0 Å². The average molecular weight is 393 g/mol. The first kappa shape index (κ1) is 17.7. The van der Waals surface area contributed by atoms with Gasteiger partial charge in [0.25, 0.3) is 5.91 Å². The van der Waals surface area contributed by atoms with E-state index in [0.29, 0.717) is 44.3 Å². The number of benzene rings is 1. The van der Waals surface area contributed by atoms with E-state index < -0.39 is 10.0 Å². The fourth-order valence-electron chi connectivity index (χ4n) is 3.40. The summed E-state index contributed by atoms with van der Waals surface area (Å²) in [6, 6.07) is 9.61. The molecule has 0 atom stereocenters. The minimum atomic E-state index is -3.68. The van der Waals surface area contributed by atoms with Crippen LogP contribution in [0, 0.1) is 0 Å². The second kappa shape index (κ2) is 7.11. The second-order valence-electron chi connectivity index (χ2n) is 6.38. The summed E-state index contributed by atoms with van der Waals surface area (Å²) < 4.78 is 32.6. The lowest BCUT2D eigenvalue weighted by Crippen LogP contribution is -2.41. The highest BCUT2D eigenvalue weighted by Crippen LogP contribution is 2.29. The largest absolute Gasteiger partial charge is 0.379 e. The Morgan fingerprint density at radius 1 is 1.04 bits per heavy atom. The van der Waals surface area contributed by atoms with Crippen molar-refractivity contribution in [2.24, 2.45) is 0 Å². The van der Waals surface area contributed by atoms with E-state index in [9.17, 15) is 13.2 Å². The van der Waals surface area contributed by atoms with Crippen molar-refractivity contribution in [2.45, 2.75) is 17.9 Å². The maximum Gasteiger partial charge on any atom is 0.265 e. The molecule has 138 valence electrons. The Morgan fingerprint density at radius 3 is 2.54 bits per heavy atom. The second-order valence-corrected chi connectivity index (χ2v) is 9.20. The highest BCUT2D eigenvalue weighted by atomic mass is 32.2. The van der Waals surface area contributed by atoms with Crippen molar-refractivity contribution in [2.75, 3.05) is 32.8 Å². The molecule has 0 N–H and O–H groups in total. The third-order valence-corrected chi connectivity index (χ3v) is 7.80. The number of hydrogen-bond donors (Lipinski definition) is 0. The Labute approximate surface area is 157 Å². The van der Waals surface area contributed by atoms with Crippen LogP contribution in [0.4, 0.5) is 0 Å². The molecule has 2 aromatic rings. The van der Waals surface area contributed by atoms with E-state index in [1.807, 2.05) is 18.2 Å². The number of amides is 1. The number of fused-ring (bicyclic) bond motifs is 1. The zero-order chi connectivity index (χ0) is 18.1. The smallest absolute Gasteiger partial charge is 0.265 e.